The van der Waals surface area contributed by atoms with Crippen LogP contribution in [-0.4, -0.2) is 39.7 Å². The third-order valence-electron chi connectivity index (χ3n) is 3.73. The summed E-state index contributed by atoms with van der Waals surface area (Å²) in [6.45, 7) is 0.551. The van der Waals surface area contributed by atoms with E-state index in [2.05, 4.69) is 0 Å². The van der Waals surface area contributed by atoms with Gasteiger partial charge in [-0.15, -0.1) is 0 Å². The van der Waals surface area contributed by atoms with Crippen molar-refractivity contribution in [3.05, 3.63) is 58.6 Å². The molecular formula is C16H16N2O6S. The van der Waals surface area contributed by atoms with Crippen LogP contribution in [-0.2, 0) is 14.8 Å². The monoisotopic (exact) mass is 364 g/mol. The van der Waals surface area contributed by atoms with E-state index in [9.17, 15) is 18.5 Å². The highest BCUT2D eigenvalue weighted by molar-refractivity contribution is 7.93. The standard InChI is InChI=1S/C16H16N2O6S/c1-17(12-6-3-2-4-7-12)25(21,22)15-9-5-8-14(18(19)20)16(15)24-11-13-10-23-13/h2-9,13H,10-11H2,1H3. The first-order valence-electron chi connectivity index (χ1n) is 7.47. The molecule has 1 fully saturated rings. The van der Waals surface area contributed by atoms with E-state index in [1.165, 1.54) is 25.2 Å². The summed E-state index contributed by atoms with van der Waals surface area (Å²) in [4.78, 5) is 10.4. The van der Waals surface area contributed by atoms with E-state index in [-0.39, 0.29) is 23.4 Å². The summed E-state index contributed by atoms with van der Waals surface area (Å²) in [6.07, 6.45) is -0.165. The van der Waals surface area contributed by atoms with Crippen molar-refractivity contribution in [2.75, 3.05) is 24.6 Å². The Labute approximate surface area is 144 Å². The zero-order valence-corrected chi connectivity index (χ0v) is 14.2. The topological polar surface area (TPSA) is 102 Å². The van der Waals surface area contributed by atoms with Crippen LogP contribution in [0, 0.1) is 10.1 Å². The van der Waals surface area contributed by atoms with Gasteiger partial charge in [0.05, 0.1) is 17.2 Å². The number of anilines is 1. The number of para-hydroxylation sites is 2. The molecule has 0 aliphatic carbocycles. The maximum atomic E-state index is 13.0. The van der Waals surface area contributed by atoms with Gasteiger partial charge in [0.15, 0.2) is 0 Å². The van der Waals surface area contributed by atoms with Crippen LogP contribution < -0.4 is 9.04 Å². The molecule has 2 aromatic rings. The van der Waals surface area contributed by atoms with E-state index in [0.29, 0.717) is 12.3 Å². The lowest BCUT2D eigenvalue weighted by Gasteiger charge is -2.21. The lowest BCUT2D eigenvalue weighted by molar-refractivity contribution is -0.386. The number of nitrogens with zero attached hydrogens (tertiary/aromatic N) is 2. The predicted octanol–water partition coefficient (Wildman–Crippen LogP) is 2.20. The van der Waals surface area contributed by atoms with Crippen LogP contribution in [0.25, 0.3) is 0 Å². The third kappa shape index (κ3) is 3.57. The molecule has 0 bridgehead atoms. The van der Waals surface area contributed by atoms with E-state index in [0.717, 1.165) is 4.31 Å². The normalized spacial score (nSPS) is 16.3. The molecule has 9 heteroatoms. The van der Waals surface area contributed by atoms with Gasteiger partial charge < -0.3 is 9.47 Å². The molecule has 0 N–H and O–H groups in total. The number of nitro benzene ring substituents is 1. The van der Waals surface area contributed by atoms with Crippen LogP contribution in [0.4, 0.5) is 11.4 Å². The molecule has 8 nitrogen and oxygen atoms in total. The Hall–Kier alpha value is -2.65. The van der Waals surface area contributed by atoms with Gasteiger partial charge in [-0.3, -0.25) is 14.4 Å². The second-order valence-corrected chi connectivity index (χ2v) is 7.37. The summed E-state index contributed by atoms with van der Waals surface area (Å²) >= 11 is 0. The molecule has 1 saturated heterocycles. The molecule has 0 spiro atoms. The largest absolute Gasteiger partial charge is 0.483 e. The lowest BCUT2D eigenvalue weighted by Crippen LogP contribution is -2.27. The van der Waals surface area contributed by atoms with E-state index in [1.54, 1.807) is 30.3 Å². The van der Waals surface area contributed by atoms with Crippen LogP contribution in [0.15, 0.2) is 53.4 Å². The minimum Gasteiger partial charge on any atom is -0.483 e. The van der Waals surface area contributed by atoms with E-state index < -0.39 is 20.6 Å². The molecule has 0 aromatic heterocycles. The Morgan fingerprint density at radius 2 is 1.92 bits per heavy atom. The van der Waals surface area contributed by atoms with Crippen molar-refractivity contribution in [2.24, 2.45) is 0 Å². The summed E-state index contributed by atoms with van der Waals surface area (Å²) < 4.78 is 37.5. The van der Waals surface area contributed by atoms with Crippen molar-refractivity contribution >= 4 is 21.4 Å². The fourth-order valence-corrected chi connectivity index (χ4v) is 3.60. The Kier molecular flexibility index (Phi) is 4.60. The van der Waals surface area contributed by atoms with Gasteiger partial charge in [0.2, 0.25) is 5.75 Å². The second-order valence-electron chi connectivity index (χ2n) is 5.44. The summed E-state index contributed by atoms with van der Waals surface area (Å²) in [5.74, 6) is -0.272. The first-order valence-corrected chi connectivity index (χ1v) is 8.91. The molecule has 0 saturated carbocycles. The molecule has 2 aromatic carbocycles. The van der Waals surface area contributed by atoms with Gasteiger partial charge in [-0.05, 0) is 18.2 Å². The maximum Gasteiger partial charge on any atom is 0.312 e. The van der Waals surface area contributed by atoms with Crippen molar-refractivity contribution in [1.29, 1.82) is 0 Å². The molecule has 1 aliphatic heterocycles. The van der Waals surface area contributed by atoms with Crippen molar-refractivity contribution in [2.45, 2.75) is 11.0 Å². The number of benzene rings is 2. The molecular weight excluding hydrogens is 348 g/mol. The number of sulfonamides is 1. The average molecular weight is 364 g/mol. The van der Waals surface area contributed by atoms with E-state index >= 15 is 0 Å². The van der Waals surface area contributed by atoms with Crippen LogP contribution in [0.5, 0.6) is 5.75 Å². The van der Waals surface area contributed by atoms with Gasteiger partial charge in [0.25, 0.3) is 10.0 Å². The van der Waals surface area contributed by atoms with Gasteiger partial charge >= 0.3 is 5.69 Å². The highest BCUT2D eigenvalue weighted by atomic mass is 32.2. The number of hydrogen-bond donors (Lipinski definition) is 0. The summed E-state index contributed by atoms with van der Waals surface area (Å²) in [5.41, 5.74) is 0.0358. The molecule has 1 atom stereocenters. The molecule has 132 valence electrons. The first-order chi connectivity index (χ1) is 11.9. The first kappa shape index (κ1) is 17.2. The fourth-order valence-electron chi connectivity index (χ4n) is 2.26. The summed E-state index contributed by atoms with van der Waals surface area (Å²) in [7, 11) is -2.66. The second kappa shape index (κ2) is 6.69. The summed E-state index contributed by atoms with van der Waals surface area (Å²) in [6, 6.07) is 12.3. The SMILES string of the molecule is CN(c1ccccc1)S(=O)(=O)c1cccc([N+](=O)[O-])c1OCC1CO1. The molecule has 3 rings (SSSR count). The number of nitro groups is 1. The lowest BCUT2D eigenvalue weighted by atomic mass is 10.3. The number of ether oxygens (including phenoxy) is 2. The predicted molar refractivity (Wildman–Crippen MR) is 90.4 cm³/mol. The molecule has 1 unspecified atom stereocenters. The van der Waals surface area contributed by atoms with Gasteiger partial charge in [-0.2, -0.15) is 0 Å². The molecule has 1 aliphatic rings. The summed E-state index contributed by atoms with van der Waals surface area (Å²) in [5, 5.41) is 11.3. The zero-order chi connectivity index (χ0) is 18.0. The average Bonchev–Trinajstić information content (AvgIpc) is 3.44. The molecule has 1 heterocycles. The number of rotatable bonds is 7. The maximum absolute atomic E-state index is 13.0. The van der Waals surface area contributed by atoms with Gasteiger partial charge in [0, 0.05) is 13.1 Å². The smallest absolute Gasteiger partial charge is 0.312 e. The Bertz CT molecular complexity index is 881. The van der Waals surface area contributed by atoms with Crippen LogP contribution in [0.2, 0.25) is 0 Å². The van der Waals surface area contributed by atoms with E-state index in [1.807, 2.05) is 0 Å². The highest BCUT2D eigenvalue weighted by Gasteiger charge is 2.32. The fraction of sp³-hybridized carbons (Fsp3) is 0.250. The van der Waals surface area contributed by atoms with Gasteiger partial charge in [0.1, 0.15) is 17.6 Å². The number of epoxide rings is 1. The Balaban J connectivity index is 2.04. The van der Waals surface area contributed by atoms with E-state index in [4.69, 9.17) is 9.47 Å². The van der Waals surface area contributed by atoms with Crippen LogP contribution in [0.3, 0.4) is 0 Å². The van der Waals surface area contributed by atoms with Crippen LogP contribution in [0.1, 0.15) is 0 Å². The van der Waals surface area contributed by atoms with Crippen molar-refractivity contribution in [1.82, 2.24) is 0 Å². The Morgan fingerprint density at radius 1 is 1.24 bits per heavy atom. The van der Waals surface area contributed by atoms with Crippen molar-refractivity contribution in [3.8, 4) is 5.75 Å². The van der Waals surface area contributed by atoms with Gasteiger partial charge in [-0.1, -0.05) is 24.3 Å². The third-order valence-corrected chi connectivity index (χ3v) is 5.54. The van der Waals surface area contributed by atoms with Crippen molar-refractivity contribution in [3.63, 3.8) is 0 Å². The minimum atomic E-state index is -4.04. The molecule has 0 amide bonds. The van der Waals surface area contributed by atoms with Crippen molar-refractivity contribution < 1.29 is 22.8 Å². The Morgan fingerprint density at radius 3 is 2.52 bits per heavy atom. The zero-order valence-electron chi connectivity index (χ0n) is 13.4. The minimum absolute atomic E-state index is 0.0580. The van der Waals surface area contributed by atoms with Gasteiger partial charge in [-0.25, -0.2) is 8.42 Å². The quantitative estimate of drug-likeness (QED) is 0.424. The molecule has 25 heavy (non-hydrogen) atoms. The highest BCUT2D eigenvalue weighted by Crippen LogP contribution is 2.36. The number of hydrogen-bond acceptors (Lipinski definition) is 6. The van der Waals surface area contributed by atoms with Crippen LogP contribution >= 0.6 is 0 Å². The molecule has 0 radical (unpaired) electrons.